The normalized spacial score (nSPS) is 14.5. The Bertz CT molecular complexity index is 221. The van der Waals surface area contributed by atoms with E-state index in [-0.39, 0.29) is 12.5 Å². The lowest BCUT2D eigenvalue weighted by molar-refractivity contribution is -0.125. The zero-order valence-corrected chi connectivity index (χ0v) is 8.61. The molecular formula is C8H19N5O2. The number of nitrogens with one attached hydrogen (secondary N) is 1. The van der Waals surface area contributed by atoms with E-state index in [2.05, 4.69) is 5.32 Å². The van der Waals surface area contributed by atoms with Gasteiger partial charge in [0.05, 0.1) is 12.5 Å². The quantitative estimate of drug-likeness (QED) is 0.293. The maximum absolute atomic E-state index is 10.9. The molecule has 0 aliphatic rings. The van der Waals surface area contributed by atoms with Crippen molar-refractivity contribution < 1.29 is 9.59 Å². The standard InChI is InChI=1S/C8H19N5O2/c9-2-1-5(10)4-13-6(8(12)15)3-7(11)14/h5-6,13H,1-4,9-10H2,(H2,11,14)(H2,12,15)/t5?,6-/m0/s1. The van der Waals surface area contributed by atoms with Crippen LogP contribution in [0.2, 0.25) is 0 Å². The van der Waals surface area contributed by atoms with Gasteiger partial charge in [0.1, 0.15) is 0 Å². The summed E-state index contributed by atoms with van der Waals surface area (Å²) in [6.45, 7) is 0.845. The highest BCUT2D eigenvalue weighted by molar-refractivity contribution is 5.86. The van der Waals surface area contributed by atoms with Crippen LogP contribution < -0.4 is 28.3 Å². The molecule has 0 saturated heterocycles. The summed E-state index contributed by atoms with van der Waals surface area (Å²) < 4.78 is 0. The molecule has 7 nitrogen and oxygen atoms in total. The van der Waals surface area contributed by atoms with Gasteiger partial charge in [-0.3, -0.25) is 9.59 Å². The molecule has 15 heavy (non-hydrogen) atoms. The van der Waals surface area contributed by atoms with Crippen molar-refractivity contribution in [1.82, 2.24) is 5.32 Å². The van der Waals surface area contributed by atoms with Crippen LogP contribution in [0.25, 0.3) is 0 Å². The Morgan fingerprint density at radius 2 is 1.87 bits per heavy atom. The first-order chi connectivity index (χ1) is 6.97. The number of amides is 2. The third-order valence-corrected chi connectivity index (χ3v) is 1.91. The van der Waals surface area contributed by atoms with Crippen molar-refractivity contribution >= 4 is 11.8 Å². The predicted molar refractivity (Wildman–Crippen MR) is 56.4 cm³/mol. The molecule has 0 fully saturated rings. The van der Waals surface area contributed by atoms with Gasteiger partial charge in [0.15, 0.2) is 0 Å². The van der Waals surface area contributed by atoms with E-state index in [1.54, 1.807) is 0 Å². The number of nitrogens with two attached hydrogens (primary N) is 4. The summed E-state index contributed by atoms with van der Waals surface area (Å²) in [6.07, 6.45) is 0.514. The van der Waals surface area contributed by atoms with Gasteiger partial charge in [-0.1, -0.05) is 0 Å². The van der Waals surface area contributed by atoms with Gasteiger partial charge in [-0.05, 0) is 13.0 Å². The number of rotatable bonds is 8. The molecule has 0 heterocycles. The van der Waals surface area contributed by atoms with E-state index < -0.39 is 17.9 Å². The zero-order valence-electron chi connectivity index (χ0n) is 8.61. The molecule has 9 N–H and O–H groups in total. The molecule has 88 valence electrons. The second-order valence-electron chi connectivity index (χ2n) is 3.37. The Morgan fingerprint density at radius 3 is 2.27 bits per heavy atom. The van der Waals surface area contributed by atoms with E-state index >= 15 is 0 Å². The van der Waals surface area contributed by atoms with Crippen molar-refractivity contribution in [2.75, 3.05) is 13.1 Å². The first kappa shape index (κ1) is 13.8. The Kier molecular flexibility index (Phi) is 6.59. The van der Waals surface area contributed by atoms with Crippen molar-refractivity contribution in [3.05, 3.63) is 0 Å². The molecule has 0 rings (SSSR count). The minimum absolute atomic E-state index is 0.120. The summed E-state index contributed by atoms with van der Waals surface area (Å²) >= 11 is 0. The van der Waals surface area contributed by atoms with Crippen LogP contribution in [0.1, 0.15) is 12.8 Å². The highest BCUT2D eigenvalue weighted by Gasteiger charge is 2.17. The molecule has 1 unspecified atom stereocenters. The third kappa shape index (κ3) is 6.83. The van der Waals surface area contributed by atoms with Crippen molar-refractivity contribution in [3.63, 3.8) is 0 Å². The monoisotopic (exact) mass is 217 g/mol. The van der Waals surface area contributed by atoms with E-state index in [1.165, 1.54) is 0 Å². The van der Waals surface area contributed by atoms with Crippen molar-refractivity contribution in [3.8, 4) is 0 Å². The van der Waals surface area contributed by atoms with E-state index in [0.29, 0.717) is 19.5 Å². The number of primary amides is 2. The van der Waals surface area contributed by atoms with Gasteiger partial charge in [0.2, 0.25) is 11.8 Å². The first-order valence-corrected chi connectivity index (χ1v) is 4.74. The molecule has 0 spiro atoms. The van der Waals surface area contributed by atoms with Crippen LogP contribution in [0.4, 0.5) is 0 Å². The van der Waals surface area contributed by atoms with Gasteiger partial charge in [0.25, 0.3) is 0 Å². The van der Waals surface area contributed by atoms with Gasteiger partial charge in [-0.25, -0.2) is 0 Å². The molecule has 0 aromatic carbocycles. The van der Waals surface area contributed by atoms with Gasteiger partial charge >= 0.3 is 0 Å². The van der Waals surface area contributed by atoms with Crippen LogP contribution >= 0.6 is 0 Å². The fraction of sp³-hybridized carbons (Fsp3) is 0.750. The molecule has 0 aliphatic heterocycles. The van der Waals surface area contributed by atoms with Crippen LogP contribution in [0.15, 0.2) is 0 Å². The zero-order chi connectivity index (χ0) is 11.8. The third-order valence-electron chi connectivity index (χ3n) is 1.91. The maximum Gasteiger partial charge on any atom is 0.235 e. The summed E-state index contributed by atoms with van der Waals surface area (Å²) in [5.74, 6) is -1.20. The van der Waals surface area contributed by atoms with Crippen LogP contribution in [-0.2, 0) is 9.59 Å². The van der Waals surface area contributed by atoms with Gasteiger partial charge in [0, 0.05) is 12.6 Å². The molecule has 7 heteroatoms. The highest BCUT2D eigenvalue weighted by atomic mass is 16.2. The average molecular weight is 217 g/mol. The first-order valence-electron chi connectivity index (χ1n) is 4.74. The second-order valence-corrected chi connectivity index (χ2v) is 3.37. The number of carbonyl (C=O) groups is 2. The van der Waals surface area contributed by atoms with E-state index in [9.17, 15) is 9.59 Å². The predicted octanol–water partition coefficient (Wildman–Crippen LogP) is -3.02. The van der Waals surface area contributed by atoms with Crippen molar-refractivity contribution in [1.29, 1.82) is 0 Å². The average Bonchev–Trinajstić information content (AvgIpc) is 2.11. The molecule has 0 aliphatic carbocycles. The summed E-state index contributed by atoms with van der Waals surface area (Å²) in [4.78, 5) is 21.5. The van der Waals surface area contributed by atoms with E-state index in [0.717, 1.165) is 0 Å². The molecule has 0 saturated carbocycles. The van der Waals surface area contributed by atoms with E-state index in [4.69, 9.17) is 22.9 Å². The number of carbonyl (C=O) groups excluding carboxylic acids is 2. The lowest BCUT2D eigenvalue weighted by Gasteiger charge is -2.17. The Morgan fingerprint density at radius 1 is 1.27 bits per heavy atom. The Balaban J connectivity index is 3.96. The summed E-state index contributed by atoms with van der Waals surface area (Å²) in [5, 5.41) is 2.78. The van der Waals surface area contributed by atoms with Crippen LogP contribution in [0, 0.1) is 0 Å². The van der Waals surface area contributed by atoms with Gasteiger partial charge in [-0.15, -0.1) is 0 Å². The largest absolute Gasteiger partial charge is 0.370 e. The Hall–Kier alpha value is -1.18. The molecule has 0 aromatic rings. The van der Waals surface area contributed by atoms with E-state index in [1.807, 2.05) is 0 Å². The minimum atomic E-state index is -0.758. The fourth-order valence-electron chi connectivity index (χ4n) is 1.08. The van der Waals surface area contributed by atoms with Gasteiger partial charge in [-0.2, -0.15) is 0 Å². The smallest absolute Gasteiger partial charge is 0.235 e. The maximum atomic E-state index is 10.9. The summed E-state index contributed by atoms with van der Waals surface area (Å²) in [6, 6.07) is -0.920. The SMILES string of the molecule is NCCC(N)CN[C@@H](CC(N)=O)C(N)=O. The van der Waals surface area contributed by atoms with Crippen LogP contribution in [-0.4, -0.2) is 37.0 Å². The van der Waals surface area contributed by atoms with Crippen LogP contribution in [0.5, 0.6) is 0 Å². The second kappa shape index (κ2) is 7.16. The van der Waals surface area contributed by atoms with Crippen LogP contribution in [0.3, 0.4) is 0 Å². The highest BCUT2D eigenvalue weighted by Crippen LogP contribution is 1.91. The molecule has 2 atom stereocenters. The van der Waals surface area contributed by atoms with Gasteiger partial charge < -0.3 is 28.3 Å². The lowest BCUT2D eigenvalue weighted by Crippen LogP contribution is -2.48. The minimum Gasteiger partial charge on any atom is -0.370 e. The Labute approximate surface area is 88.5 Å². The molecule has 2 amide bonds. The fourth-order valence-corrected chi connectivity index (χ4v) is 1.08. The molecule has 0 radical (unpaired) electrons. The number of hydrogen-bond acceptors (Lipinski definition) is 5. The van der Waals surface area contributed by atoms with Crippen molar-refractivity contribution in [2.24, 2.45) is 22.9 Å². The topological polar surface area (TPSA) is 150 Å². The lowest BCUT2D eigenvalue weighted by atomic mass is 10.1. The molecule has 0 aromatic heterocycles. The molecular weight excluding hydrogens is 198 g/mol. The summed E-state index contributed by atoms with van der Waals surface area (Å²) in [7, 11) is 0. The molecule has 0 bridgehead atoms. The summed E-state index contributed by atoms with van der Waals surface area (Å²) in [5.41, 5.74) is 21.0. The number of hydrogen-bond donors (Lipinski definition) is 5. The van der Waals surface area contributed by atoms with Crippen molar-refractivity contribution in [2.45, 2.75) is 24.9 Å².